The first kappa shape index (κ1) is 31.9. The zero-order valence-corrected chi connectivity index (χ0v) is 27.2. The molecule has 9 nitrogen and oxygen atoms in total. The summed E-state index contributed by atoms with van der Waals surface area (Å²) >= 11 is 25.1. The maximum atomic E-state index is 12.6. The predicted molar refractivity (Wildman–Crippen MR) is 177 cm³/mol. The minimum atomic E-state index is -1.11. The van der Waals surface area contributed by atoms with Crippen LogP contribution < -0.4 is 15.0 Å². The van der Waals surface area contributed by atoms with Crippen LogP contribution in [0.25, 0.3) is 0 Å². The Morgan fingerprint density at radius 3 is 2.42 bits per heavy atom. The molecule has 2 atom stereocenters. The van der Waals surface area contributed by atoms with E-state index in [1.54, 1.807) is 42.9 Å². The summed E-state index contributed by atoms with van der Waals surface area (Å²) in [7, 11) is 0. The summed E-state index contributed by atoms with van der Waals surface area (Å²) < 4.78 is 20.7. The number of rotatable bonds is 10. The number of nitrogens with zero attached hydrogens (tertiary/aromatic N) is 4. The number of nitrogens with one attached hydrogen (secondary N) is 1. The molecule has 1 amide bonds. The molecule has 45 heavy (non-hydrogen) atoms. The first-order chi connectivity index (χ1) is 21.8. The van der Waals surface area contributed by atoms with Crippen molar-refractivity contribution >= 4 is 63.7 Å². The molecule has 3 heterocycles. The molecule has 0 saturated carbocycles. The molecule has 0 aliphatic carbocycles. The van der Waals surface area contributed by atoms with Gasteiger partial charge in [-0.05, 0) is 48.5 Å². The Bertz CT molecular complexity index is 1600. The van der Waals surface area contributed by atoms with E-state index in [1.165, 1.54) is 0 Å². The maximum absolute atomic E-state index is 12.6. The summed E-state index contributed by atoms with van der Waals surface area (Å²) in [6, 6.07) is 18.4. The lowest BCUT2D eigenvalue weighted by atomic mass is 10.1. The standard InChI is InChI=1S/C32H31Cl4N5O4/c33-22-4-9-26(29(36)16-22)32(20-40-11-10-37-21-40)44-19-25(45-32)18-43-24-7-5-23(6-8-24)41-14-12-39(13-15-41)17-30(42)38-31-27(34)2-1-3-28(31)35/h1-11,16,21,25H,12-15,17-20H2,(H,38,42)/t25-,32-/m1/s1. The fraction of sp³-hybridized carbons (Fsp3) is 0.312. The fourth-order valence-electron chi connectivity index (χ4n) is 5.48. The minimum absolute atomic E-state index is 0.146. The number of hydrogen-bond acceptors (Lipinski definition) is 7. The normalized spacial score (nSPS) is 20.4. The Balaban J connectivity index is 0.998. The van der Waals surface area contributed by atoms with E-state index >= 15 is 0 Å². The van der Waals surface area contributed by atoms with Crippen LogP contribution in [0.2, 0.25) is 20.1 Å². The number of benzene rings is 3. The molecule has 1 aromatic heterocycles. The lowest BCUT2D eigenvalue weighted by Gasteiger charge is -2.35. The average Bonchev–Trinajstić information content (AvgIpc) is 3.69. The first-order valence-electron chi connectivity index (χ1n) is 14.4. The van der Waals surface area contributed by atoms with Crippen LogP contribution in [0.3, 0.4) is 0 Å². The van der Waals surface area contributed by atoms with Crippen molar-refractivity contribution in [2.45, 2.75) is 18.4 Å². The highest BCUT2D eigenvalue weighted by atomic mass is 35.5. The largest absolute Gasteiger partial charge is 0.491 e. The molecule has 0 unspecified atom stereocenters. The molecule has 2 aliphatic rings. The third-order valence-electron chi connectivity index (χ3n) is 7.76. The predicted octanol–water partition coefficient (Wildman–Crippen LogP) is 6.60. The van der Waals surface area contributed by atoms with Gasteiger partial charge in [-0.15, -0.1) is 0 Å². The number of anilines is 2. The van der Waals surface area contributed by atoms with Crippen molar-refractivity contribution in [1.82, 2.24) is 14.5 Å². The average molecular weight is 691 g/mol. The zero-order valence-electron chi connectivity index (χ0n) is 24.2. The van der Waals surface area contributed by atoms with Gasteiger partial charge in [-0.1, -0.05) is 58.5 Å². The van der Waals surface area contributed by atoms with Crippen LogP contribution in [-0.4, -0.2) is 72.4 Å². The number of ether oxygens (including phenoxy) is 3. The van der Waals surface area contributed by atoms with Gasteiger partial charge in [0.2, 0.25) is 11.7 Å². The van der Waals surface area contributed by atoms with Gasteiger partial charge in [0.05, 0.1) is 46.8 Å². The van der Waals surface area contributed by atoms with Crippen molar-refractivity contribution in [2.75, 3.05) is 56.2 Å². The van der Waals surface area contributed by atoms with Gasteiger partial charge in [-0.25, -0.2) is 4.98 Å². The molecular formula is C32H31Cl4N5O4. The smallest absolute Gasteiger partial charge is 0.238 e. The first-order valence-corrected chi connectivity index (χ1v) is 16.0. The van der Waals surface area contributed by atoms with E-state index in [4.69, 9.17) is 60.6 Å². The monoisotopic (exact) mass is 689 g/mol. The number of carbonyl (C=O) groups excluding carboxylic acids is 1. The Morgan fingerprint density at radius 1 is 0.978 bits per heavy atom. The molecule has 2 fully saturated rings. The van der Waals surface area contributed by atoms with Gasteiger partial charge in [0, 0.05) is 54.8 Å². The Kier molecular flexibility index (Phi) is 10.1. The topological polar surface area (TPSA) is 81.1 Å². The summed E-state index contributed by atoms with van der Waals surface area (Å²) in [5.74, 6) is -0.524. The number of imidazole rings is 1. The number of aromatic nitrogens is 2. The zero-order chi connectivity index (χ0) is 31.4. The second kappa shape index (κ2) is 14.2. The van der Waals surface area contributed by atoms with Crippen LogP contribution in [0.1, 0.15) is 5.56 Å². The van der Waals surface area contributed by atoms with Crippen molar-refractivity contribution < 1.29 is 19.0 Å². The van der Waals surface area contributed by atoms with Gasteiger partial charge in [0.15, 0.2) is 0 Å². The molecule has 2 saturated heterocycles. The van der Waals surface area contributed by atoms with Crippen LogP contribution in [-0.2, 0) is 26.6 Å². The van der Waals surface area contributed by atoms with Crippen LogP contribution in [0.15, 0.2) is 79.4 Å². The van der Waals surface area contributed by atoms with Gasteiger partial charge in [-0.3, -0.25) is 9.69 Å². The number of piperazine rings is 1. The third kappa shape index (κ3) is 7.69. The van der Waals surface area contributed by atoms with Crippen molar-refractivity contribution in [1.29, 1.82) is 0 Å². The second-order valence-electron chi connectivity index (χ2n) is 10.9. The van der Waals surface area contributed by atoms with Gasteiger partial charge in [0.1, 0.15) is 18.5 Å². The van der Waals surface area contributed by atoms with E-state index < -0.39 is 5.79 Å². The molecule has 0 bridgehead atoms. The highest BCUT2D eigenvalue weighted by Gasteiger charge is 2.45. The molecule has 236 valence electrons. The molecule has 13 heteroatoms. The van der Waals surface area contributed by atoms with Crippen LogP contribution in [0.4, 0.5) is 11.4 Å². The summed E-state index contributed by atoms with van der Waals surface area (Å²) in [5, 5.41) is 4.66. The lowest BCUT2D eigenvalue weighted by molar-refractivity contribution is -0.189. The molecule has 0 radical (unpaired) electrons. The molecule has 0 spiro atoms. The van der Waals surface area contributed by atoms with E-state index in [1.807, 2.05) is 41.1 Å². The van der Waals surface area contributed by atoms with Crippen molar-refractivity contribution in [3.63, 3.8) is 0 Å². The number of carbonyl (C=O) groups is 1. The molecule has 4 aromatic rings. The molecular weight excluding hydrogens is 660 g/mol. The van der Waals surface area contributed by atoms with Crippen molar-refractivity contribution in [3.05, 3.63) is 105 Å². The highest BCUT2D eigenvalue weighted by Crippen LogP contribution is 2.40. The Morgan fingerprint density at radius 2 is 1.73 bits per heavy atom. The summed E-state index contributed by atoms with van der Waals surface area (Å²) in [5.41, 5.74) is 2.23. The number of halogens is 4. The van der Waals surface area contributed by atoms with Gasteiger partial charge in [-0.2, -0.15) is 0 Å². The molecule has 6 rings (SSSR count). The van der Waals surface area contributed by atoms with Crippen molar-refractivity contribution in [3.8, 4) is 5.75 Å². The van der Waals surface area contributed by atoms with Gasteiger partial charge in [0.25, 0.3) is 0 Å². The number of amides is 1. The van der Waals surface area contributed by atoms with E-state index in [9.17, 15) is 4.79 Å². The quantitative estimate of drug-likeness (QED) is 0.201. The lowest BCUT2D eigenvalue weighted by Crippen LogP contribution is -2.48. The van der Waals surface area contributed by atoms with Crippen LogP contribution >= 0.6 is 46.4 Å². The van der Waals surface area contributed by atoms with Crippen LogP contribution in [0.5, 0.6) is 5.75 Å². The highest BCUT2D eigenvalue weighted by molar-refractivity contribution is 6.39. The minimum Gasteiger partial charge on any atom is -0.491 e. The Hall–Kier alpha value is -3.02. The van der Waals surface area contributed by atoms with E-state index in [-0.39, 0.29) is 18.6 Å². The van der Waals surface area contributed by atoms with Crippen molar-refractivity contribution in [2.24, 2.45) is 0 Å². The Labute approximate surface area is 281 Å². The van der Waals surface area contributed by atoms with Crippen LogP contribution in [0, 0.1) is 0 Å². The van der Waals surface area contributed by atoms with E-state index in [0.29, 0.717) is 51.1 Å². The second-order valence-corrected chi connectivity index (χ2v) is 12.5. The SMILES string of the molecule is O=C(CN1CCN(c2ccc(OC[C@@H]3CO[C@@](Cn4ccnc4)(c4ccc(Cl)cc4Cl)O3)cc2)CC1)Nc1c(Cl)cccc1Cl. The summed E-state index contributed by atoms with van der Waals surface area (Å²) in [4.78, 5) is 21.1. The van der Waals surface area contributed by atoms with E-state index in [0.717, 1.165) is 37.6 Å². The summed E-state index contributed by atoms with van der Waals surface area (Å²) in [6.07, 6.45) is 4.94. The molecule has 3 aromatic carbocycles. The van der Waals surface area contributed by atoms with E-state index in [2.05, 4.69) is 20.1 Å². The molecule has 2 aliphatic heterocycles. The van der Waals surface area contributed by atoms with Gasteiger partial charge >= 0.3 is 0 Å². The number of para-hydroxylation sites is 1. The fourth-order valence-corrected chi connectivity index (χ4v) is 6.53. The number of hydrogen-bond donors (Lipinski definition) is 1. The summed E-state index contributed by atoms with van der Waals surface area (Å²) in [6.45, 7) is 4.35. The third-order valence-corrected chi connectivity index (χ3v) is 8.93. The molecule has 1 N–H and O–H groups in total. The van der Waals surface area contributed by atoms with Gasteiger partial charge < -0.3 is 29.0 Å². The maximum Gasteiger partial charge on any atom is 0.238 e.